The highest BCUT2D eigenvalue weighted by atomic mass is 35.5. The lowest BCUT2D eigenvalue weighted by Gasteiger charge is -2.23. The summed E-state index contributed by atoms with van der Waals surface area (Å²) in [4.78, 5) is 43.2. The first-order chi connectivity index (χ1) is 17.3. The summed E-state index contributed by atoms with van der Waals surface area (Å²) in [6.07, 6.45) is 0. The second-order valence-electron chi connectivity index (χ2n) is 8.30. The van der Waals surface area contributed by atoms with Crippen LogP contribution in [0.1, 0.15) is 24.1 Å². The highest BCUT2D eigenvalue weighted by Gasteiger charge is 2.43. The van der Waals surface area contributed by atoms with Crippen molar-refractivity contribution in [1.82, 2.24) is 4.90 Å². The number of thiocarbonyl (C=S) groups is 1. The molecule has 1 saturated heterocycles. The quantitative estimate of drug-likeness (QED) is 0.338. The molecule has 1 atom stereocenters. The zero-order valence-corrected chi connectivity index (χ0v) is 21.5. The van der Waals surface area contributed by atoms with Crippen molar-refractivity contribution in [3.8, 4) is 0 Å². The highest BCUT2D eigenvalue weighted by molar-refractivity contribution is 8.26. The Bertz CT molecular complexity index is 1440. The van der Waals surface area contributed by atoms with Gasteiger partial charge >= 0.3 is 0 Å². The van der Waals surface area contributed by atoms with E-state index >= 15 is 0 Å². The standard InChI is InChI=1S/C27H20ClN3O3S2/c1-16(17-8-3-2-4-9-17)31-26(34)24(36-27(31)35)23-20-12-5-6-13-21(20)30(25(23)33)15-22(32)29-19-11-7-10-18(28)14-19/h2-14,16H,15H2,1H3,(H,29,32)/b24-23-/t16-/m1/s1. The molecule has 6 nitrogen and oxygen atoms in total. The average Bonchev–Trinajstić information content (AvgIpc) is 3.31. The molecule has 0 radical (unpaired) electrons. The monoisotopic (exact) mass is 533 g/mol. The van der Waals surface area contributed by atoms with Crippen LogP contribution in [-0.2, 0) is 14.4 Å². The molecule has 36 heavy (non-hydrogen) atoms. The van der Waals surface area contributed by atoms with E-state index in [9.17, 15) is 14.4 Å². The average molecular weight is 534 g/mol. The van der Waals surface area contributed by atoms with Crippen molar-refractivity contribution in [3.63, 3.8) is 0 Å². The summed E-state index contributed by atoms with van der Waals surface area (Å²) in [5.41, 5.74) is 2.91. The minimum atomic E-state index is -0.412. The molecule has 3 amide bonds. The molecule has 0 unspecified atom stereocenters. The number of carbonyl (C=O) groups is 3. The van der Waals surface area contributed by atoms with E-state index in [1.54, 1.807) is 53.4 Å². The number of hydrogen-bond acceptors (Lipinski definition) is 5. The maximum Gasteiger partial charge on any atom is 0.267 e. The van der Waals surface area contributed by atoms with E-state index in [-0.39, 0.29) is 34.9 Å². The van der Waals surface area contributed by atoms with Crippen LogP contribution in [0, 0.1) is 0 Å². The van der Waals surface area contributed by atoms with E-state index in [2.05, 4.69) is 5.32 Å². The van der Waals surface area contributed by atoms with Crippen molar-refractivity contribution < 1.29 is 14.4 Å². The predicted octanol–water partition coefficient (Wildman–Crippen LogP) is 5.66. The molecule has 3 aromatic carbocycles. The van der Waals surface area contributed by atoms with E-state index in [1.807, 2.05) is 37.3 Å². The molecular formula is C27H20ClN3O3S2. The fourth-order valence-electron chi connectivity index (χ4n) is 4.31. The Kier molecular flexibility index (Phi) is 6.66. The molecule has 2 aliphatic rings. The number of amides is 3. The number of nitrogens with one attached hydrogen (secondary N) is 1. The van der Waals surface area contributed by atoms with Gasteiger partial charge in [0.05, 0.1) is 22.2 Å². The fraction of sp³-hybridized carbons (Fsp3) is 0.111. The minimum Gasteiger partial charge on any atom is -0.324 e. The third-order valence-corrected chi connectivity index (χ3v) is 7.66. The van der Waals surface area contributed by atoms with Gasteiger partial charge in [0, 0.05) is 16.3 Å². The van der Waals surface area contributed by atoms with Crippen LogP contribution in [0.3, 0.4) is 0 Å². The van der Waals surface area contributed by atoms with Crippen LogP contribution in [-0.4, -0.2) is 33.5 Å². The summed E-state index contributed by atoms with van der Waals surface area (Å²) in [6, 6.07) is 23.2. The Balaban J connectivity index is 1.46. The number of halogens is 1. The Hall–Kier alpha value is -3.46. The van der Waals surface area contributed by atoms with Crippen molar-refractivity contribution in [2.45, 2.75) is 13.0 Å². The van der Waals surface area contributed by atoms with Crippen LogP contribution in [0.15, 0.2) is 83.8 Å². The summed E-state index contributed by atoms with van der Waals surface area (Å²) in [5.74, 6) is -1.11. The molecule has 0 bridgehead atoms. The fourth-order valence-corrected chi connectivity index (χ4v) is 5.99. The third kappa shape index (κ3) is 4.43. The maximum atomic E-state index is 13.6. The smallest absolute Gasteiger partial charge is 0.267 e. The van der Waals surface area contributed by atoms with Gasteiger partial charge in [0.25, 0.3) is 11.8 Å². The van der Waals surface area contributed by atoms with Gasteiger partial charge < -0.3 is 5.32 Å². The summed E-state index contributed by atoms with van der Waals surface area (Å²) >= 11 is 12.7. The molecule has 0 aromatic heterocycles. The van der Waals surface area contributed by atoms with E-state index in [4.69, 9.17) is 23.8 Å². The zero-order valence-electron chi connectivity index (χ0n) is 19.1. The molecule has 1 fully saturated rings. The summed E-state index contributed by atoms with van der Waals surface area (Å²) in [5, 5.41) is 3.26. The van der Waals surface area contributed by atoms with Crippen LogP contribution >= 0.6 is 35.6 Å². The number of carbonyl (C=O) groups excluding carboxylic acids is 3. The molecule has 180 valence electrons. The second kappa shape index (κ2) is 9.89. The lowest BCUT2D eigenvalue weighted by molar-refractivity contribution is -0.123. The number of anilines is 2. The van der Waals surface area contributed by atoms with Crippen molar-refractivity contribution in [1.29, 1.82) is 0 Å². The Morgan fingerprint density at radius 3 is 2.47 bits per heavy atom. The Morgan fingerprint density at radius 2 is 1.72 bits per heavy atom. The number of fused-ring (bicyclic) bond motifs is 1. The van der Waals surface area contributed by atoms with Crippen molar-refractivity contribution in [3.05, 3.63) is 99.9 Å². The first-order valence-electron chi connectivity index (χ1n) is 11.2. The lowest BCUT2D eigenvalue weighted by atomic mass is 10.1. The van der Waals surface area contributed by atoms with Crippen molar-refractivity contribution in [2.24, 2.45) is 0 Å². The maximum absolute atomic E-state index is 13.6. The van der Waals surface area contributed by atoms with Crippen LogP contribution in [0.2, 0.25) is 5.02 Å². The lowest BCUT2D eigenvalue weighted by Crippen LogP contribution is -2.35. The van der Waals surface area contributed by atoms with E-state index in [0.29, 0.717) is 26.3 Å². The molecule has 0 spiro atoms. The number of rotatable bonds is 5. The van der Waals surface area contributed by atoms with Crippen LogP contribution in [0.5, 0.6) is 0 Å². The number of benzene rings is 3. The summed E-state index contributed by atoms with van der Waals surface area (Å²) in [6.45, 7) is 1.69. The highest BCUT2D eigenvalue weighted by Crippen LogP contribution is 2.46. The topological polar surface area (TPSA) is 69.7 Å². The summed E-state index contributed by atoms with van der Waals surface area (Å²) < 4.78 is 0.390. The molecular weight excluding hydrogens is 514 g/mol. The van der Waals surface area contributed by atoms with Gasteiger partial charge in [-0.05, 0) is 36.8 Å². The Labute approximate surface area is 222 Å². The summed E-state index contributed by atoms with van der Waals surface area (Å²) in [7, 11) is 0. The number of para-hydroxylation sites is 1. The van der Waals surface area contributed by atoms with Crippen LogP contribution in [0.25, 0.3) is 5.57 Å². The number of nitrogens with zero attached hydrogens (tertiary/aromatic N) is 2. The number of hydrogen-bond donors (Lipinski definition) is 1. The van der Waals surface area contributed by atoms with Crippen LogP contribution < -0.4 is 10.2 Å². The van der Waals surface area contributed by atoms with E-state index < -0.39 is 5.91 Å². The van der Waals surface area contributed by atoms with Crippen molar-refractivity contribution >= 4 is 74.6 Å². The van der Waals surface area contributed by atoms with Crippen LogP contribution in [0.4, 0.5) is 11.4 Å². The van der Waals surface area contributed by atoms with Crippen molar-refractivity contribution in [2.75, 3.05) is 16.8 Å². The second-order valence-corrected chi connectivity index (χ2v) is 10.4. The normalized spacial score (nSPS) is 18.0. The zero-order chi connectivity index (χ0) is 25.4. The van der Waals surface area contributed by atoms with Gasteiger partial charge in [-0.15, -0.1) is 0 Å². The molecule has 2 aliphatic heterocycles. The SMILES string of the molecule is C[C@H](c1ccccc1)N1C(=O)/C(=C2/C(=O)N(CC(=O)Nc3cccc(Cl)c3)c3ccccc32)SC1=S. The first kappa shape index (κ1) is 24.2. The molecule has 0 aliphatic carbocycles. The van der Waals surface area contributed by atoms with E-state index in [1.165, 1.54) is 4.90 Å². The van der Waals surface area contributed by atoms with Gasteiger partial charge in [-0.2, -0.15) is 0 Å². The van der Waals surface area contributed by atoms with Gasteiger partial charge in [-0.3, -0.25) is 24.2 Å². The van der Waals surface area contributed by atoms with E-state index in [0.717, 1.165) is 17.3 Å². The molecule has 1 N–H and O–H groups in total. The third-order valence-electron chi connectivity index (χ3n) is 6.03. The molecule has 3 aromatic rings. The van der Waals surface area contributed by atoms with Gasteiger partial charge in [0.15, 0.2) is 0 Å². The largest absolute Gasteiger partial charge is 0.324 e. The first-order valence-corrected chi connectivity index (χ1v) is 12.8. The molecule has 9 heteroatoms. The van der Waals surface area contributed by atoms with Gasteiger partial charge in [-0.1, -0.05) is 90.2 Å². The minimum absolute atomic E-state index is 0.216. The predicted molar refractivity (Wildman–Crippen MR) is 148 cm³/mol. The van der Waals surface area contributed by atoms with Gasteiger partial charge in [-0.25, -0.2) is 0 Å². The molecule has 2 heterocycles. The molecule has 0 saturated carbocycles. The Morgan fingerprint density at radius 1 is 1.00 bits per heavy atom. The van der Waals surface area contributed by atoms with Gasteiger partial charge in [0.2, 0.25) is 5.91 Å². The molecule has 5 rings (SSSR count). The van der Waals surface area contributed by atoms with Gasteiger partial charge in [0.1, 0.15) is 10.9 Å². The number of thioether (sulfide) groups is 1.